The number of carbonyl (C=O) groups is 1. The molecule has 1 aromatic heterocycles. The molecule has 34 heavy (non-hydrogen) atoms. The van der Waals surface area contributed by atoms with Gasteiger partial charge >= 0.3 is 6.09 Å². The van der Waals surface area contributed by atoms with Gasteiger partial charge in [-0.25, -0.2) is 18.6 Å². The number of hydrogen-bond acceptors (Lipinski definition) is 6. The van der Waals surface area contributed by atoms with Crippen LogP contribution < -0.4 is 10.6 Å². The molecular weight excluding hydrogens is 461 g/mol. The van der Waals surface area contributed by atoms with E-state index in [0.29, 0.717) is 24.4 Å². The number of nitrogens with zero attached hydrogens (tertiary/aromatic N) is 3. The number of amides is 1. The van der Waals surface area contributed by atoms with Crippen molar-refractivity contribution >= 4 is 27.4 Å². The average Bonchev–Trinajstić information content (AvgIpc) is 3.40. The second-order valence-electron chi connectivity index (χ2n) is 8.47. The number of ether oxygens (including phenoxy) is 1. The van der Waals surface area contributed by atoms with Crippen molar-refractivity contribution in [3.05, 3.63) is 34.8 Å². The fourth-order valence-corrected chi connectivity index (χ4v) is 4.02. The maximum atomic E-state index is 13.1. The monoisotopic (exact) mass is 494 g/mol. The molecule has 1 heterocycles. The number of hydrogen-bond donors (Lipinski definition) is 3. The summed E-state index contributed by atoms with van der Waals surface area (Å²) in [5, 5.41) is 22.2. The summed E-state index contributed by atoms with van der Waals surface area (Å²) in [5.74, 6) is 0.758. The molecule has 1 aliphatic rings. The van der Waals surface area contributed by atoms with Crippen molar-refractivity contribution in [1.82, 2.24) is 15.5 Å². The normalized spacial score (nSPS) is 20.6. The van der Waals surface area contributed by atoms with E-state index in [2.05, 4.69) is 25.8 Å². The van der Waals surface area contributed by atoms with E-state index in [0.717, 1.165) is 29.8 Å². The maximum Gasteiger partial charge on any atom is 0.407 e. The van der Waals surface area contributed by atoms with Crippen LogP contribution in [0.3, 0.4) is 0 Å². The van der Waals surface area contributed by atoms with Gasteiger partial charge in [0.15, 0.2) is 5.82 Å². The molecule has 4 atom stereocenters. The SMILES string of the molecule is C\C=C(C#N)/N=C\C(Nc1cc(C2CCC(OC(=O)NC(C)CC(F)(F)P)C2)[nH]n1)=C(\C)CC. The van der Waals surface area contributed by atoms with Gasteiger partial charge in [-0.3, -0.25) is 5.10 Å². The van der Waals surface area contributed by atoms with Crippen molar-refractivity contribution in [2.24, 2.45) is 4.99 Å². The smallest absolute Gasteiger partial charge is 0.407 e. The van der Waals surface area contributed by atoms with Crippen LogP contribution in [0.5, 0.6) is 0 Å². The summed E-state index contributed by atoms with van der Waals surface area (Å²) >= 11 is 0. The van der Waals surface area contributed by atoms with Crippen LogP contribution in [0.4, 0.5) is 19.4 Å². The van der Waals surface area contributed by atoms with Gasteiger partial charge in [0.05, 0.1) is 11.9 Å². The third kappa shape index (κ3) is 8.86. The fourth-order valence-electron chi connectivity index (χ4n) is 3.66. The Bertz CT molecular complexity index is 977. The van der Waals surface area contributed by atoms with Crippen LogP contribution >= 0.6 is 9.24 Å². The minimum atomic E-state index is -2.93. The molecule has 8 nitrogen and oxygen atoms in total. The third-order valence-corrected chi connectivity index (χ3v) is 5.85. The number of aromatic nitrogens is 2. The summed E-state index contributed by atoms with van der Waals surface area (Å²) in [6.07, 6.45) is 4.73. The van der Waals surface area contributed by atoms with E-state index in [1.54, 1.807) is 19.2 Å². The number of carbonyl (C=O) groups excluding carboxylic acids is 1. The zero-order valence-electron chi connectivity index (χ0n) is 20.0. The first kappa shape index (κ1) is 27.5. The van der Waals surface area contributed by atoms with Crippen molar-refractivity contribution in [2.75, 3.05) is 5.32 Å². The van der Waals surface area contributed by atoms with E-state index in [1.165, 1.54) is 16.2 Å². The Balaban J connectivity index is 1.95. The highest BCUT2D eigenvalue weighted by atomic mass is 31.0. The Labute approximate surface area is 201 Å². The van der Waals surface area contributed by atoms with Crippen LogP contribution in [0.25, 0.3) is 0 Å². The molecule has 0 radical (unpaired) electrons. The second kappa shape index (κ2) is 12.6. The first-order valence-corrected chi connectivity index (χ1v) is 11.9. The molecule has 0 aromatic carbocycles. The number of halogens is 2. The van der Waals surface area contributed by atoms with E-state index in [4.69, 9.17) is 10.00 Å². The summed E-state index contributed by atoms with van der Waals surface area (Å²) in [7, 11) is 1.47. The van der Waals surface area contributed by atoms with Crippen LogP contribution in [0.15, 0.2) is 34.1 Å². The van der Waals surface area contributed by atoms with Gasteiger partial charge in [-0.05, 0) is 52.0 Å². The van der Waals surface area contributed by atoms with E-state index in [9.17, 15) is 13.6 Å². The largest absolute Gasteiger partial charge is 0.446 e. The fraction of sp³-hybridized carbons (Fsp3) is 0.565. The number of alkyl carbamates (subject to hydrolysis) is 1. The van der Waals surface area contributed by atoms with E-state index >= 15 is 0 Å². The number of H-pyrrole nitrogens is 1. The lowest BCUT2D eigenvalue weighted by atomic mass is 10.0. The molecule has 0 spiro atoms. The van der Waals surface area contributed by atoms with Gasteiger partial charge in [-0.2, -0.15) is 10.4 Å². The van der Waals surface area contributed by atoms with Crippen molar-refractivity contribution in [3.8, 4) is 6.07 Å². The molecule has 4 unspecified atom stereocenters. The van der Waals surface area contributed by atoms with E-state index < -0.39 is 24.2 Å². The molecule has 1 saturated carbocycles. The Morgan fingerprint density at radius 1 is 1.53 bits per heavy atom. The Kier molecular flexibility index (Phi) is 10.2. The lowest BCUT2D eigenvalue weighted by molar-refractivity contribution is 0.0732. The first-order valence-electron chi connectivity index (χ1n) is 11.3. The summed E-state index contributed by atoms with van der Waals surface area (Å²) < 4.78 is 31.5. The quantitative estimate of drug-likeness (QED) is 0.222. The summed E-state index contributed by atoms with van der Waals surface area (Å²) in [6, 6.07) is 3.23. The number of nitriles is 1. The van der Waals surface area contributed by atoms with Gasteiger partial charge in [0, 0.05) is 30.1 Å². The Morgan fingerprint density at radius 3 is 2.88 bits per heavy atom. The average molecular weight is 495 g/mol. The van der Waals surface area contributed by atoms with Gasteiger partial charge in [0.1, 0.15) is 17.9 Å². The zero-order valence-corrected chi connectivity index (χ0v) is 21.1. The van der Waals surface area contributed by atoms with E-state index in [-0.39, 0.29) is 12.0 Å². The first-order chi connectivity index (χ1) is 16.0. The predicted molar refractivity (Wildman–Crippen MR) is 132 cm³/mol. The molecule has 1 amide bonds. The zero-order chi connectivity index (χ0) is 25.3. The lowest BCUT2D eigenvalue weighted by Gasteiger charge is -2.19. The molecule has 186 valence electrons. The van der Waals surface area contributed by atoms with Gasteiger partial charge in [0.2, 0.25) is 0 Å². The highest BCUT2D eigenvalue weighted by Crippen LogP contribution is 2.36. The van der Waals surface area contributed by atoms with Crippen LogP contribution in [0.2, 0.25) is 0 Å². The third-order valence-electron chi connectivity index (χ3n) is 5.61. The number of alkyl halides is 2. The molecule has 1 aliphatic carbocycles. The van der Waals surface area contributed by atoms with Crippen molar-refractivity contribution in [2.45, 2.75) is 83.5 Å². The number of anilines is 1. The van der Waals surface area contributed by atoms with Crippen LogP contribution in [0.1, 0.15) is 71.4 Å². The van der Waals surface area contributed by atoms with Crippen molar-refractivity contribution in [3.63, 3.8) is 0 Å². The number of allylic oxidation sites excluding steroid dienone is 4. The highest BCUT2D eigenvalue weighted by molar-refractivity contribution is 7.18. The Morgan fingerprint density at radius 2 is 2.26 bits per heavy atom. The number of aliphatic imine (C=N–C) groups is 1. The molecule has 0 aliphatic heterocycles. The molecule has 1 aromatic rings. The molecular formula is C23H33F2N6O2P. The molecule has 0 bridgehead atoms. The molecule has 11 heteroatoms. The molecule has 3 N–H and O–H groups in total. The summed E-state index contributed by atoms with van der Waals surface area (Å²) in [4.78, 5) is 16.3. The van der Waals surface area contributed by atoms with Crippen LogP contribution in [0, 0.1) is 11.3 Å². The van der Waals surface area contributed by atoms with Crippen LogP contribution in [-0.4, -0.2) is 40.3 Å². The van der Waals surface area contributed by atoms with Gasteiger partial charge in [-0.15, -0.1) is 0 Å². The number of aromatic amines is 1. The highest BCUT2D eigenvalue weighted by Gasteiger charge is 2.31. The van der Waals surface area contributed by atoms with Gasteiger partial charge in [0.25, 0.3) is 5.66 Å². The standard InChI is InChI=1S/C23H33F2N6O2P/c1-5-14(3)20(13-27-17(6-2)12-26)29-21-10-19(30-31-21)16-7-8-18(9-16)33-22(32)28-15(4)11-23(24,25)34/h6,10,13,15-16,18H,5,7-9,11,34H2,1-4H3,(H,28,32)(H2,29,30,31)/b17-6-,20-14+,27-13-. The minimum absolute atomic E-state index is 0.135. The van der Waals surface area contributed by atoms with Gasteiger partial charge < -0.3 is 15.4 Å². The maximum absolute atomic E-state index is 13.1. The summed E-state index contributed by atoms with van der Waals surface area (Å²) in [6.45, 7) is 7.28. The molecule has 2 rings (SSSR count). The van der Waals surface area contributed by atoms with Crippen LogP contribution in [-0.2, 0) is 4.74 Å². The van der Waals surface area contributed by atoms with Crippen molar-refractivity contribution in [1.29, 1.82) is 5.26 Å². The number of nitrogens with one attached hydrogen (secondary N) is 3. The molecule has 1 fully saturated rings. The minimum Gasteiger partial charge on any atom is -0.446 e. The summed E-state index contributed by atoms with van der Waals surface area (Å²) in [5.41, 5.74) is 0.143. The predicted octanol–water partition coefficient (Wildman–Crippen LogP) is 5.61. The lowest BCUT2D eigenvalue weighted by Crippen LogP contribution is -2.37. The van der Waals surface area contributed by atoms with E-state index in [1.807, 2.05) is 26.0 Å². The number of rotatable bonds is 10. The van der Waals surface area contributed by atoms with Gasteiger partial charge in [-0.1, -0.05) is 22.2 Å². The molecule has 0 saturated heterocycles. The second-order valence-corrected chi connectivity index (χ2v) is 9.32. The topological polar surface area (TPSA) is 115 Å². The Hall–Kier alpha value is -2.79. The van der Waals surface area contributed by atoms with Crippen molar-refractivity contribution < 1.29 is 18.3 Å².